The maximum absolute atomic E-state index is 12.1. The first-order valence-corrected chi connectivity index (χ1v) is 7.52. The van der Waals surface area contributed by atoms with Crippen LogP contribution in [0.4, 0.5) is 16.2 Å². The average molecular weight is 312 g/mol. The summed E-state index contributed by atoms with van der Waals surface area (Å²) in [6.07, 6.45) is 2.65. The lowest BCUT2D eigenvalue weighted by Crippen LogP contribution is -2.27. The molecule has 0 aliphatic carbocycles. The first-order chi connectivity index (χ1) is 11.1. The molecule has 0 fully saturated rings. The van der Waals surface area contributed by atoms with Gasteiger partial charge in [0, 0.05) is 37.0 Å². The number of urea groups is 1. The van der Waals surface area contributed by atoms with Gasteiger partial charge >= 0.3 is 6.03 Å². The molecule has 6 heteroatoms. The molecule has 1 aliphatic rings. The smallest absolute Gasteiger partial charge is 0.323 e. The molecule has 2 heterocycles. The zero-order valence-corrected chi connectivity index (χ0v) is 13.3. The number of fused-ring (bicyclic) bond motifs is 1. The molecule has 0 atom stereocenters. The molecule has 2 aromatic rings. The number of carbonyl (C=O) groups is 1. The van der Waals surface area contributed by atoms with Crippen molar-refractivity contribution in [3.63, 3.8) is 0 Å². The Morgan fingerprint density at radius 2 is 2.09 bits per heavy atom. The van der Waals surface area contributed by atoms with Crippen molar-refractivity contribution in [2.45, 2.75) is 13.0 Å². The second-order valence-corrected chi connectivity index (χ2v) is 5.63. The van der Waals surface area contributed by atoms with Gasteiger partial charge in [0.1, 0.15) is 5.75 Å². The summed E-state index contributed by atoms with van der Waals surface area (Å²) in [7, 11) is 3.67. The van der Waals surface area contributed by atoms with Gasteiger partial charge in [0.2, 0.25) is 0 Å². The molecule has 0 saturated carbocycles. The maximum atomic E-state index is 12.1. The monoisotopic (exact) mass is 312 g/mol. The zero-order valence-electron chi connectivity index (χ0n) is 13.3. The molecule has 1 aromatic heterocycles. The molecule has 2 N–H and O–H groups in total. The van der Waals surface area contributed by atoms with Crippen LogP contribution >= 0.6 is 0 Å². The minimum atomic E-state index is -0.302. The van der Waals surface area contributed by atoms with E-state index in [0.717, 1.165) is 30.8 Å². The number of likely N-dealkylation sites (N-methyl/N-ethyl adjacent to an activating group) is 1. The van der Waals surface area contributed by atoms with E-state index in [4.69, 9.17) is 4.74 Å². The average Bonchev–Trinajstić information content (AvgIpc) is 2.54. The number of nitrogens with one attached hydrogen (secondary N) is 2. The number of methoxy groups -OCH3 is 1. The van der Waals surface area contributed by atoms with Gasteiger partial charge in [-0.3, -0.25) is 4.98 Å². The van der Waals surface area contributed by atoms with E-state index in [-0.39, 0.29) is 6.03 Å². The van der Waals surface area contributed by atoms with Gasteiger partial charge in [0.05, 0.1) is 19.0 Å². The van der Waals surface area contributed by atoms with Gasteiger partial charge in [-0.2, -0.15) is 0 Å². The molecule has 0 bridgehead atoms. The summed E-state index contributed by atoms with van der Waals surface area (Å²) < 4.78 is 5.14. The Kier molecular flexibility index (Phi) is 4.43. The lowest BCUT2D eigenvalue weighted by atomic mass is 10.1. The summed E-state index contributed by atoms with van der Waals surface area (Å²) in [4.78, 5) is 18.8. The van der Waals surface area contributed by atoms with Crippen molar-refractivity contribution in [3.8, 4) is 5.75 Å². The number of nitrogens with zero attached hydrogens (tertiary/aromatic N) is 2. The van der Waals surface area contributed by atoms with Gasteiger partial charge in [0.25, 0.3) is 0 Å². The quantitative estimate of drug-likeness (QED) is 0.914. The number of hydrogen-bond donors (Lipinski definition) is 2. The molecule has 0 radical (unpaired) electrons. The number of amides is 2. The Bertz CT molecular complexity index is 717. The zero-order chi connectivity index (χ0) is 16.2. The third-order valence-electron chi connectivity index (χ3n) is 3.82. The van der Waals surface area contributed by atoms with Crippen molar-refractivity contribution in [2.24, 2.45) is 0 Å². The van der Waals surface area contributed by atoms with Crippen molar-refractivity contribution < 1.29 is 9.53 Å². The van der Waals surface area contributed by atoms with Gasteiger partial charge in [-0.15, -0.1) is 0 Å². The molecule has 23 heavy (non-hydrogen) atoms. The summed E-state index contributed by atoms with van der Waals surface area (Å²) >= 11 is 0. The Morgan fingerprint density at radius 1 is 1.26 bits per heavy atom. The molecule has 6 nitrogen and oxygen atoms in total. The number of anilines is 2. The molecular weight excluding hydrogens is 292 g/mol. The molecule has 0 unspecified atom stereocenters. The second kappa shape index (κ2) is 6.66. The standard InChI is InChI=1S/C17H20N4O2/c1-21-7-6-16-12(11-21)8-14(10-18-16)20-17(22)19-13-4-3-5-15(9-13)23-2/h3-5,8-10H,6-7,11H2,1-2H3,(H2,19,20,22). The molecule has 3 rings (SSSR count). The third-order valence-corrected chi connectivity index (χ3v) is 3.82. The van der Waals surface area contributed by atoms with Crippen LogP contribution in [0.15, 0.2) is 36.5 Å². The summed E-state index contributed by atoms with van der Waals surface area (Å²) in [5, 5.41) is 5.61. The van der Waals surface area contributed by atoms with Crippen LogP contribution in [0.3, 0.4) is 0 Å². The fourth-order valence-electron chi connectivity index (χ4n) is 2.63. The highest BCUT2D eigenvalue weighted by Crippen LogP contribution is 2.20. The highest BCUT2D eigenvalue weighted by molar-refractivity contribution is 5.99. The van der Waals surface area contributed by atoms with Gasteiger partial charge in [-0.1, -0.05) is 6.07 Å². The minimum absolute atomic E-state index is 0.302. The number of hydrogen-bond acceptors (Lipinski definition) is 4. The van der Waals surface area contributed by atoms with Crippen LogP contribution in [0.25, 0.3) is 0 Å². The Morgan fingerprint density at radius 3 is 2.91 bits per heavy atom. The first-order valence-electron chi connectivity index (χ1n) is 7.52. The predicted octanol–water partition coefficient (Wildman–Crippen LogP) is 2.72. The number of carbonyl (C=O) groups excluding carboxylic acids is 1. The van der Waals surface area contributed by atoms with Crippen molar-refractivity contribution in [2.75, 3.05) is 31.3 Å². The summed E-state index contributed by atoms with van der Waals surface area (Å²) in [6, 6.07) is 8.91. The minimum Gasteiger partial charge on any atom is -0.497 e. The largest absolute Gasteiger partial charge is 0.497 e. The lowest BCUT2D eigenvalue weighted by Gasteiger charge is -2.24. The highest BCUT2D eigenvalue weighted by Gasteiger charge is 2.15. The number of aromatic nitrogens is 1. The van der Waals surface area contributed by atoms with Crippen LogP contribution in [0.2, 0.25) is 0 Å². The van der Waals surface area contributed by atoms with Gasteiger partial charge < -0.3 is 20.3 Å². The molecule has 120 valence electrons. The first kappa shape index (κ1) is 15.3. The van der Waals surface area contributed by atoms with Gasteiger partial charge in [0.15, 0.2) is 0 Å². The molecule has 1 aliphatic heterocycles. The summed E-state index contributed by atoms with van der Waals surface area (Å²) in [5.41, 5.74) is 3.65. The Hall–Kier alpha value is -2.60. The summed E-state index contributed by atoms with van der Waals surface area (Å²) in [5.74, 6) is 0.696. The Labute approximate surface area is 135 Å². The number of ether oxygens (including phenoxy) is 1. The molecule has 0 spiro atoms. The van der Waals surface area contributed by atoms with Crippen LogP contribution in [0.5, 0.6) is 5.75 Å². The van der Waals surface area contributed by atoms with Crippen LogP contribution in [0, 0.1) is 0 Å². The number of rotatable bonds is 3. The fourth-order valence-corrected chi connectivity index (χ4v) is 2.63. The molecule has 2 amide bonds. The molecular formula is C17H20N4O2. The van der Waals surface area contributed by atoms with E-state index < -0.39 is 0 Å². The maximum Gasteiger partial charge on any atom is 0.323 e. The second-order valence-electron chi connectivity index (χ2n) is 5.63. The van der Waals surface area contributed by atoms with E-state index in [1.165, 1.54) is 0 Å². The highest BCUT2D eigenvalue weighted by atomic mass is 16.5. The van der Waals surface area contributed by atoms with Crippen molar-refractivity contribution in [1.82, 2.24) is 9.88 Å². The number of benzene rings is 1. The lowest BCUT2D eigenvalue weighted by molar-refractivity contribution is 0.262. The van der Waals surface area contributed by atoms with E-state index in [0.29, 0.717) is 17.1 Å². The molecule has 1 aromatic carbocycles. The third kappa shape index (κ3) is 3.78. The Balaban J connectivity index is 1.67. The van der Waals surface area contributed by atoms with Crippen LogP contribution in [-0.4, -0.2) is 36.6 Å². The van der Waals surface area contributed by atoms with E-state index >= 15 is 0 Å². The van der Waals surface area contributed by atoms with E-state index in [1.807, 2.05) is 24.3 Å². The van der Waals surface area contributed by atoms with Gasteiger partial charge in [-0.05, 0) is 30.8 Å². The van der Waals surface area contributed by atoms with Crippen molar-refractivity contribution in [1.29, 1.82) is 0 Å². The van der Waals surface area contributed by atoms with Crippen molar-refractivity contribution >= 4 is 17.4 Å². The number of pyridine rings is 1. The van der Waals surface area contributed by atoms with E-state index in [2.05, 4.69) is 27.6 Å². The van der Waals surface area contributed by atoms with Crippen LogP contribution in [-0.2, 0) is 13.0 Å². The topological polar surface area (TPSA) is 66.5 Å². The predicted molar refractivity (Wildman–Crippen MR) is 89.9 cm³/mol. The normalized spacial score (nSPS) is 14.0. The van der Waals surface area contributed by atoms with E-state index in [1.54, 1.807) is 19.4 Å². The SMILES string of the molecule is COc1cccc(NC(=O)Nc2cnc3c(c2)CN(C)CC3)c1. The molecule has 0 saturated heterocycles. The van der Waals surface area contributed by atoms with Crippen LogP contribution in [0.1, 0.15) is 11.3 Å². The van der Waals surface area contributed by atoms with Crippen LogP contribution < -0.4 is 15.4 Å². The fraction of sp³-hybridized carbons (Fsp3) is 0.294. The van der Waals surface area contributed by atoms with E-state index in [9.17, 15) is 4.79 Å². The summed E-state index contributed by atoms with van der Waals surface area (Å²) in [6.45, 7) is 1.87. The van der Waals surface area contributed by atoms with Crippen molar-refractivity contribution in [3.05, 3.63) is 47.8 Å². The van der Waals surface area contributed by atoms with Gasteiger partial charge in [-0.25, -0.2) is 4.79 Å².